The van der Waals surface area contributed by atoms with Crippen LogP contribution in [0.3, 0.4) is 0 Å². The van der Waals surface area contributed by atoms with Gasteiger partial charge in [0.1, 0.15) is 0 Å². The van der Waals surface area contributed by atoms with Gasteiger partial charge in [0.2, 0.25) is 0 Å². The average Bonchev–Trinajstić information content (AvgIpc) is 2.59. The van der Waals surface area contributed by atoms with E-state index in [1.165, 1.54) is 11.3 Å². The van der Waals surface area contributed by atoms with Crippen LogP contribution in [-0.2, 0) is 4.79 Å². The van der Waals surface area contributed by atoms with Crippen LogP contribution in [0.2, 0.25) is 0 Å². The summed E-state index contributed by atoms with van der Waals surface area (Å²) in [5.41, 5.74) is 0. The zero-order valence-corrected chi connectivity index (χ0v) is 10.6. The fourth-order valence-electron chi connectivity index (χ4n) is 1.26. The third-order valence-corrected chi connectivity index (χ3v) is 3.77. The highest BCUT2D eigenvalue weighted by Gasteiger charge is 2.09. The van der Waals surface area contributed by atoms with Gasteiger partial charge in [-0.3, -0.25) is 4.79 Å². The molecule has 0 aliphatic carbocycles. The van der Waals surface area contributed by atoms with Gasteiger partial charge in [-0.05, 0) is 47.3 Å². The van der Waals surface area contributed by atoms with Crippen LogP contribution in [0, 0.1) is 0 Å². The molecule has 0 spiro atoms. The Labute approximate surface area is 101 Å². The molecule has 0 radical (unpaired) electrons. The summed E-state index contributed by atoms with van der Waals surface area (Å²) < 4.78 is 1.00. The zero-order chi connectivity index (χ0) is 11.3. The van der Waals surface area contributed by atoms with Gasteiger partial charge in [-0.2, -0.15) is 0 Å². The molecule has 0 amide bonds. The first-order valence-electron chi connectivity index (χ1n) is 4.74. The van der Waals surface area contributed by atoms with Crippen LogP contribution in [0.1, 0.15) is 36.7 Å². The van der Waals surface area contributed by atoms with Gasteiger partial charge in [0.25, 0.3) is 0 Å². The van der Waals surface area contributed by atoms with E-state index in [9.17, 15) is 9.90 Å². The van der Waals surface area contributed by atoms with E-state index in [-0.39, 0.29) is 6.42 Å². The predicted molar refractivity (Wildman–Crippen MR) is 63.1 cm³/mol. The number of halogens is 1. The highest BCUT2D eigenvalue weighted by molar-refractivity contribution is 9.11. The molecule has 1 atom stereocenters. The van der Waals surface area contributed by atoms with Crippen molar-refractivity contribution < 1.29 is 15.0 Å². The van der Waals surface area contributed by atoms with Gasteiger partial charge >= 0.3 is 5.97 Å². The Bertz CT molecular complexity index is 324. The van der Waals surface area contributed by atoms with E-state index in [0.29, 0.717) is 12.8 Å². The van der Waals surface area contributed by atoms with E-state index in [4.69, 9.17) is 5.11 Å². The normalized spacial score (nSPS) is 12.7. The van der Waals surface area contributed by atoms with Crippen molar-refractivity contribution in [2.45, 2.75) is 31.8 Å². The van der Waals surface area contributed by atoms with E-state index in [0.717, 1.165) is 15.1 Å². The lowest BCUT2D eigenvalue weighted by molar-refractivity contribution is -0.137. The summed E-state index contributed by atoms with van der Waals surface area (Å²) in [6.45, 7) is 0. The highest BCUT2D eigenvalue weighted by Crippen LogP contribution is 2.29. The summed E-state index contributed by atoms with van der Waals surface area (Å²) in [6.07, 6.45) is 1.71. The van der Waals surface area contributed by atoms with Gasteiger partial charge in [-0.15, -0.1) is 11.3 Å². The van der Waals surface area contributed by atoms with E-state index >= 15 is 0 Å². The van der Waals surface area contributed by atoms with Crippen molar-refractivity contribution in [3.05, 3.63) is 20.8 Å². The van der Waals surface area contributed by atoms with E-state index in [2.05, 4.69) is 15.9 Å². The van der Waals surface area contributed by atoms with Crippen molar-refractivity contribution >= 4 is 33.2 Å². The fraction of sp³-hybridized carbons (Fsp3) is 0.500. The number of unbranched alkanes of at least 4 members (excludes halogenated alkanes) is 1. The number of aliphatic carboxylic acids is 1. The lowest BCUT2D eigenvalue weighted by atomic mass is 10.1. The number of thiophene rings is 1. The Kier molecular flexibility index (Phi) is 5.28. The minimum Gasteiger partial charge on any atom is -0.481 e. The number of aliphatic hydroxyl groups is 1. The van der Waals surface area contributed by atoms with Gasteiger partial charge in [-0.25, -0.2) is 0 Å². The van der Waals surface area contributed by atoms with Crippen LogP contribution < -0.4 is 0 Å². The second-order valence-electron chi connectivity index (χ2n) is 3.30. The zero-order valence-electron chi connectivity index (χ0n) is 8.15. The monoisotopic (exact) mass is 292 g/mol. The smallest absolute Gasteiger partial charge is 0.303 e. The Morgan fingerprint density at radius 3 is 2.73 bits per heavy atom. The molecule has 5 heteroatoms. The molecular weight excluding hydrogens is 280 g/mol. The molecule has 1 aromatic heterocycles. The molecule has 0 fully saturated rings. The maximum absolute atomic E-state index is 10.3. The molecular formula is C10H13BrO3S. The summed E-state index contributed by atoms with van der Waals surface area (Å²) >= 11 is 4.84. The van der Waals surface area contributed by atoms with Crippen molar-refractivity contribution in [3.8, 4) is 0 Å². The second-order valence-corrected chi connectivity index (χ2v) is 5.79. The lowest BCUT2D eigenvalue weighted by Crippen LogP contribution is -1.97. The predicted octanol–water partition coefficient (Wildman–Crippen LogP) is 3.19. The maximum atomic E-state index is 10.3. The highest BCUT2D eigenvalue weighted by atomic mass is 79.9. The molecule has 0 aromatic carbocycles. The molecule has 0 bridgehead atoms. The first-order valence-corrected chi connectivity index (χ1v) is 6.35. The van der Waals surface area contributed by atoms with Crippen LogP contribution in [0.25, 0.3) is 0 Å². The van der Waals surface area contributed by atoms with Gasteiger partial charge in [-0.1, -0.05) is 0 Å². The molecule has 1 rings (SSSR count). The number of carboxylic acids is 1. The molecule has 0 aliphatic heterocycles. The minimum atomic E-state index is -0.775. The van der Waals surface area contributed by atoms with E-state index in [1.54, 1.807) is 0 Å². The quantitative estimate of drug-likeness (QED) is 0.792. The average molecular weight is 293 g/mol. The Morgan fingerprint density at radius 1 is 1.47 bits per heavy atom. The largest absolute Gasteiger partial charge is 0.481 e. The van der Waals surface area contributed by atoms with Crippen molar-refractivity contribution in [2.24, 2.45) is 0 Å². The molecule has 15 heavy (non-hydrogen) atoms. The van der Waals surface area contributed by atoms with Crippen molar-refractivity contribution in [1.29, 1.82) is 0 Å². The topological polar surface area (TPSA) is 57.5 Å². The van der Waals surface area contributed by atoms with Crippen molar-refractivity contribution in [3.63, 3.8) is 0 Å². The third-order valence-electron chi connectivity index (χ3n) is 2.04. The minimum absolute atomic E-state index is 0.181. The van der Waals surface area contributed by atoms with Crippen molar-refractivity contribution in [2.75, 3.05) is 0 Å². The third kappa shape index (κ3) is 4.77. The number of carbonyl (C=O) groups is 1. The Hall–Kier alpha value is -0.390. The maximum Gasteiger partial charge on any atom is 0.303 e. The van der Waals surface area contributed by atoms with Crippen LogP contribution in [0.15, 0.2) is 15.9 Å². The summed E-state index contributed by atoms with van der Waals surface area (Å²) in [5.74, 6) is -0.775. The van der Waals surface area contributed by atoms with Gasteiger partial charge in [0, 0.05) is 11.3 Å². The standard InChI is InChI=1S/C10H13BrO3S/c11-9-6-5-8(15-9)7(12)3-1-2-4-10(13)14/h5-7,12H,1-4H2,(H,13,14). The number of hydrogen-bond acceptors (Lipinski definition) is 3. The number of hydrogen-bond donors (Lipinski definition) is 2. The van der Waals surface area contributed by atoms with Crippen molar-refractivity contribution in [1.82, 2.24) is 0 Å². The first kappa shape index (κ1) is 12.7. The van der Waals surface area contributed by atoms with Crippen LogP contribution >= 0.6 is 27.3 Å². The van der Waals surface area contributed by atoms with Crippen LogP contribution in [0.5, 0.6) is 0 Å². The summed E-state index contributed by atoms with van der Waals surface area (Å²) in [6, 6.07) is 3.79. The van der Waals surface area contributed by atoms with E-state index in [1.807, 2.05) is 12.1 Å². The molecule has 2 N–H and O–H groups in total. The molecule has 3 nitrogen and oxygen atoms in total. The number of rotatable bonds is 6. The van der Waals surface area contributed by atoms with Gasteiger partial charge < -0.3 is 10.2 Å². The van der Waals surface area contributed by atoms with Gasteiger partial charge in [0.05, 0.1) is 9.89 Å². The SMILES string of the molecule is O=C(O)CCCCC(O)c1ccc(Br)s1. The first-order chi connectivity index (χ1) is 7.09. The molecule has 1 heterocycles. The second kappa shape index (κ2) is 6.25. The molecule has 1 unspecified atom stereocenters. The fourth-order valence-corrected chi connectivity index (χ4v) is 2.71. The molecule has 1 aromatic rings. The van der Waals surface area contributed by atoms with E-state index < -0.39 is 12.1 Å². The van der Waals surface area contributed by atoms with Crippen LogP contribution in [-0.4, -0.2) is 16.2 Å². The Morgan fingerprint density at radius 2 is 2.20 bits per heavy atom. The molecule has 0 saturated carbocycles. The summed E-state index contributed by atoms with van der Waals surface area (Å²) in [4.78, 5) is 11.2. The molecule has 84 valence electrons. The molecule has 0 saturated heterocycles. The molecule has 0 aliphatic rings. The lowest BCUT2D eigenvalue weighted by Gasteiger charge is -2.06. The van der Waals surface area contributed by atoms with Gasteiger partial charge in [0.15, 0.2) is 0 Å². The van der Waals surface area contributed by atoms with Crippen LogP contribution in [0.4, 0.5) is 0 Å². The summed E-state index contributed by atoms with van der Waals surface area (Å²) in [7, 11) is 0. The Balaban J connectivity index is 2.24. The number of aliphatic hydroxyl groups excluding tert-OH is 1. The summed E-state index contributed by atoms with van der Waals surface area (Å²) in [5, 5.41) is 18.2. The number of carboxylic acid groups (broad SMARTS) is 1.